The van der Waals surface area contributed by atoms with E-state index in [-0.39, 0.29) is 33.5 Å². The number of ketones is 1. The summed E-state index contributed by atoms with van der Waals surface area (Å²) in [6, 6.07) is 4.62. The average molecular weight is 469 g/mol. The van der Waals surface area contributed by atoms with E-state index in [4.69, 9.17) is 0 Å². The summed E-state index contributed by atoms with van der Waals surface area (Å²) in [5.74, 6) is 0.0111. The fraction of sp³-hybridized carbons (Fsp3) is 0.682. The van der Waals surface area contributed by atoms with Crippen LogP contribution in [0.2, 0.25) is 0 Å². The van der Waals surface area contributed by atoms with Gasteiger partial charge in [-0.25, -0.2) is 16.8 Å². The molecule has 3 aliphatic rings. The number of nitrogens with one attached hydrogen (secondary N) is 1. The topological polar surface area (TPSA) is 101 Å². The number of anilines is 1. The second-order valence-corrected chi connectivity index (χ2v) is 13.6. The predicted octanol–water partition coefficient (Wildman–Crippen LogP) is 3.31. The largest absolute Gasteiger partial charge is 0.299 e. The van der Waals surface area contributed by atoms with Crippen LogP contribution in [-0.4, -0.2) is 45.8 Å². The maximum Gasteiger partial charge on any atom is 0.243 e. The molecular weight excluding hydrogens is 436 g/mol. The Hall–Kier alpha value is -1.45. The van der Waals surface area contributed by atoms with Gasteiger partial charge in [-0.3, -0.25) is 9.52 Å². The molecular formula is C22H32N2O5S2. The normalized spacial score (nSPS) is 28.7. The summed E-state index contributed by atoms with van der Waals surface area (Å²) in [6.07, 6.45) is 4.59. The van der Waals surface area contributed by atoms with Gasteiger partial charge in [-0.1, -0.05) is 26.3 Å². The van der Waals surface area contributed by atoms with E-state index in [0.29, 0.717) is 31.5 Å². The number of piperidine rings is 1. The van der Waals surface area contributed by atoms with Crippen LogP contribution in [0.3, 0.4) is 0 Å². The maximum absolute atomic E-state index is 13.1. The minimum atomic E-state index is -3.85. The highest BCUT2D eigenvalue weighted by Gasteiger charge is 2.65. The Balaban J connectivity index is 1.60. The van der Waals surface area contributed by atoms with Crippen molar-refractivity contribution in [1.82, 2.24) is 4.31 Å². The summed E-state index contributed by atoms with van der Waals surface area (Å²) in [4.78, 5) is 12.9. The molecule has 4 rings (SSSR count). The van der Waals surface area contributed by atoms with E-state index < -0.39 is 25.5 Å². The molecule has 1 aromatic rings. The lowest BCUT2D eigenvalue weighted by Gasteiger charge is -2.36. The van der Waals surface area contributed by atoms with Crippen LogP contribution in [0.4, 0.5) is 5.69 Å². The molecule has 1 heterocycles. The zero-order valence-electron chi connectivity index (χ0n) is 18.5. The highest BCUT2D eigenvalue weighted by molar-refractivity contribution is 7.92. The Morgan fingerprint density at radius 1 is 1.10 bits per heavy atom. The van der Waals surface area contributed by atoms with E-state index in [1.54, 1.807) is 19.1 Å². The molecule has 2 unspecified atom stereocenters. The lowest BCUT2D eigenvalue weighted by molar-refractivity contribution is -0.128. The molecule has 3 fully saturated rings. The number of hydrogen-bond donors (Lipinski definition) is 1. The number of hydrogen-bond acceptors (Lipinski definition) is 5. The number of fused-ring (bicyclic) bond motifs is 2. The van der Waals surface area contributed by atoms with E-state index in [2.05, 4.69) is 4.72 Å². The monoisotopic (exact) mass is 468 g/mol. The van der Waals surface area contributed by atoms with Crippen LogP contribution >= 0.6 is 0 Å². The number of sulfonamides is 2. The van der Waals surface area contributed by atoms with Crippen LogP contribution in [-0.2, 0) is 24.8 Å². The van der Waals surface area contributed by atoms with Crippen LogP contribution in [0, 0.1) is 23.7 Å². The molecule has 0 spiro atoms. The molecule has 172 valence electrons. The fourth-order valence-electron chi connectivity index (χ4n) is 5.83. The molecule has 9 heteroatoms. The van der Waals surface area contributed by atoms with E-state index in [0.717, 1.165) is 25.7 Å². The molecule has 0 radical (unpaired) electrons. The number of benzene rings is 1. The predicted molar refractivity (Wildman–Crippen MR) is 120 cm³/mol. The summed E-state index contributed by atoms with van der Waals surface area (Å²) in [5, 5.41) is 0. The van der Waals surface area contributed by atoms with E-state index in [9.17, 15) is 21.6 Å². The van der Waals surface area contributed by atoms with Gasteiger partial charge in [0.05, 0.1) is 16.1 Å². The van der Waals surface area contributed by atoms with Crippen molar-refractivity contribution < 1.29 is 21.6 Å². The van der Waals surface area contributed by atoms with Crippen molar-refractivity contribution >= 4 is 31.5 Å². The van der Waals surface area contributed by atoms with Gasteiger partial charge in [0.1, 0.15) is 5.78 Å². The average Bonchev–Trinajstić information content (AvgIpc) is 3.03. The summed E-state index contributed by atoms with van der Waals surface area (Å²) in [6.45, 7) is 6.68. The third kappa shape index (κ3) is 3.72. The molecule has 1 aromatic carbocycles. The number of carbonyl (C=O) groups is 1. The Kier molecular flexibility index (Phi) is 5.54. The molecule has 31 heavy (non-hydrogen) atoms. The fourth-order valence-corrected chi connectivity index (χ4v) is 9.49. The number of rotatable bonds is 6. The SMILES string of the molecule is Cc1ccc(NS(=O)(=O)CC23CCC(CC2=O)C3(C)C)cc1S(=O)(=O)N1CCCCC1. The third-order valence-electron chi connectivity index (χ3n) is 7.97. The van der Waals surface area contributed by atoms with Crippen molar-refractivity contribution in [2.45, 2.75) is 64.2 Å². The van der Waals surface area contributed by atoms with Crippen LogP contribution in [0.1, 0.15) is 57.9 Å². The molecule has 1 N–H and O–H groups in total. The highest BCUT2D eigenvalue weighted by Crippen LogP contribution is 2.64. The lowest BCUT2D eigenvalue weighted by atomic mass is 9.70. The second kappa shape index (κ2) is 7.56. The first-order valence-electron chi connectivity index (χ1n) is 11.0. The molecule has 0 amide bonds. The first-order valence-corrected chi connectivity index (χ1v) is 14.1. The van der Waals surface area contributed by atoms with Gasteiger partial charge in [0.2, 0.25) is 20.0 Å². The zero-order chi connectivity index (χ0) is 22.7. The second-order valence-electron chi connectivity index (χ2n) is 9.97. The quantitative estimate of drug-likeness (QED) is 0.690. The lowest BCUT2D eigenvalue weighted by Crippen LogP contribution is -2.43. The molecule has 2 aliphatic carbocycles. The van der Waals surface area contributed by atoms with Crippen LogP contribution in [0.25, 0.3) is 0 Å². The number of nitrogens with zero attached hydrogens (tertiary/aromatic N) is 1. The molecule has 1 aliphatic heterocycles. The summed E-state index contributed by atoms with van der Waals surface area (Å²) in [7, 11) is -7.53. The Bertz CT molecular complexity index is 1100. The number of carbonyl (C=O) groups excluding carboxylic acids is 1. The molecule has 2 bridgehead atoms. The van der Waals surface area contributed by atoms with Crippen LogP contribution in [0.15, 0.2) is 23.1 Å². The molecule has 7 nitrogen and oxygen atoms in total. The Labute approximate surface area is 185 Å². The molecule has 2 atom stereocenters. The zero-order valence-corrected chi connectivity index (χ0v) is 20.1. The van der Waals surface area contributed by atoms with E-state index in [1.165, 1.54) is 10.4 Å². The minimum absolute atomic E-state index is 0.0383. The minimum Gasteiger partial charge on any atom is -0.299 e. The maximum atomic E-state index is 13.1. The number of aryl methyl sites for hydroxylation is 1. The van der Waals surface area contributed by atoms with Gasteiger partial charge in [-0.15, -0.1) is 0 Å². The van der Waals surface area contributed by atoms with Gasteiger partial charge in [-0.05, 0) is 61.6 Å². The van der Waals surface area contributed by atoms with Crippen molar-refractivity contribution in [3.63, 3.8) is 0 Å². The summed E-state index contributed by atoms with van der Waals surface area (Å²) >= 11 is 0. The van der Waals surface area contributed by atoms with Crippen molar-refractivity contribution in [2.75, 3.05) is 23.6 Å². The van der Waals surface area contributed by atoms with Crippen LogP contribution < -0.4 is 4.72 Å². The first-order chi connectivity index (χ1) is 14.4. The van der Waals surface area contributed by atoms with Crippen molar-refractivity contribution in [3.05, 3.63) is 23.8 Å². The first kappa shape index (κ1) is 22.7. The van der Waals surface area contributed by atoms with Gasteiger partial charge in [-0.2, -0.15) is 4.31 Å². The van der Waals surface area contributed by atoms with Crippen molar-refractivity contribution in [1.29, 1.82) is 0 Å². The Morgan fingerprint density at radius 2 is 1.77 bits per heavy atom. The van der Waals surface area contributed by atoms with Gasteiger partial charge in [0.25, 0.3) is 0 Å². The molecule has 2 saturated carbocycles. The van der Waals surface area contributed by atoms with E-state index >= 15 is 0 Å². The van der Waals surface area contributed by atoms with E-state index in [1.807, 2.05) is 13.8 Å². The van der Waals surface area contributed by atoms with Crippen LogP contribution in [0.5, 0.6) is 0 Å². The van der Waals surface area contributed by atoms with Gasteiger partial charge in [0, 0.05) is 25.2 Å². The van der Waals surface area contributed by atoms with Crippen molar-refractivity contribution in [3.8, 4) is 0 Å². The molecule has 1 saturated heterocycles. The standard InChI is InChI=1S/C22H32N2O5S2/c1-16-7-8-18(14-19(16)31(28,29)24-11-5-4-6-12-24)23-30(26,27)15-22-10-9-17(13-20(22)25)21(22,2)3/h7-8,14,17,23H,4-6,9-13,15H2,1-3H3. The summed E-state index contributed by atoms with van der Waals surface area (Å²) < 4.78 is 56.5. The van der Waals surface area contributed by atoms with Gasteiger partial charge >= 0.3 is 0 Å². The Morgan fingerprint density at radius 3 is 2.35 bits per heavy atom. The molecule has 0 aromatic heterocycles. The number of Topliss-reactive ketones (excluding diaryl/α,β-unsaturated/α-hetero) is 1. The third-order valence-corrected chi connectivity index (χ3v) is 11.4. The smallest absolute Gasteiger partial charge is 0.243 e. The van der Waals surface area contributed by atoms with Crippen molar-refractivity contribution in [2.24, 2.45) is 16.7 Å². The van der Waals surface area contributed by atoms with Gasteiger partial charge in [0.15, 0.2) is 0 Å². The highest BCUT2D eigenvalue weighted by atomic mass is 32.2. The van der Waals surface area contributed by atoms with Gasteiger partial charge < -0.3 is 0 Å². The summed E-state index contributed by atoms with van der Waals surface area (Å²) in [5.41, 5.74) is -0.417.